The normalized spacial score (nSPS) is 10.3. The zero-order chi connectivity index (χ0) is 13.0. The van der Waals surface area contributed by atoms with E-state index >= 15 is 0 Å². The number of rotatable bonds is 5. The Kier molecular flexibility index (Phi) is 3.62. The van der Waals surface area contributed by atoms with E-state index in [0.29, 0.717) is 6.54 Å². The second-order valence-corrected chi connectivity index (χ2v) is 3.89. The summed E-state index contributed by atoms with van der Waals surface area (Å²) in [7, 11) is 1.63. The number of nitrogens with one attached hydrogen (secondary N) is 1. The first kappa shape index (κ1) is 12.2. The first-order valence-electron chi connectivity index (χ1n) is 5.65. The van der Waals surface area contributed by atoms with Gasteiger partial charge in [0.2, 0.25) is 5.91 Å². The summed E-state index contributed by atoms with van der Waals surface area (Å²) in [5.74, 6) is 1.22. The van der Waals surface area contributed by atoms with Crippen molar-refractivity contribution >= 4 is 22.5 Å². The van der Waals surface area contributed by atoms with Gasteiger partial charge in [0, 0.05) is 24.5 Å². The Bertz CT molecular complexity index is 569. The number of fused-ring (bicyclic) bond motifs is 1. The molecule has 3 N–H and O–H groups in total. The highest BCUT2D eigenvalue weighted by Gasteiger charge is 2.03. The van der Waals surface area contributed by atoms with Crippen LogP contribution in [0.25, 0.3) is 10.8 Å². The van der Waals surface area contributed by atoms with Gasteiger partial charge in [0.1, 0.15) is 11.6 Å². The average Bonchev–Trinajstić information content (AvgIpc) is 2.38. The standard InChI is InChI=1S/C13H15N3O2/c1-18-10-2-3-11-9(8-10)4-6-15-13(11)16-7-5-12(14)17/h2-4,6,8H,5,7H2,1H3,(H2,14,17)(H,15,16). The van der Waals surface area contributed by atoms with Crippen molar-refractivity contribution in [3.05, 3.63) is 30.5 Å². The maximum absolute atomic E-state index is 10.7. The van der Waals surface area contributed by atoms with Gasteiger partial charge in [-0.25, -0.2) is 4.98 Å². The Morgan fingerprint density at radius 3 is 3.00 bits per heavy atom. The number of aromatic nitrogens is 1. The SMILES string of the molecule is COc1ccc2c(NCCC(N)=O)nccc2c1. The van der Waals surface area contributed by atoms with Crippen LogP contribution in [0.2, 0.25) is 0 Å². The van der Waals surface area contributed by atoms with E-state index < -0.39 is 0 Å². The van der Waals surface area contributed by atoms with Gasteiger partial charge >= 0.3 is 0 Å². The van der Waals surface area contributed by atoms with Crippen LogP contribution in [0.3, 0.4) is 0 Å². The van der Waals surface area contributed by atoms with E-state index in [1.807, 2.05) is 24.3 Å². The fraction of sp³-hybridized carbons (Fsp3) is 0.231. The molecule has 0 aliphatic carbocycles. The zero-order valence-electron chi connectivity index (χ0n) is 10.1. The van der Waals surface area contributed by atoms with Crippen LogP contribution in [0.1, 0.15) is 6.42 Å². The van der Waals surface area contributed by atoms with Gasteiger partial charge in [0.15, 0.2) is 0 Å². The molecule has 0 radical (unpaired) electrons. The summed E-state index contributed by atoms with van der Waals surface area (Å²) < 4.78 is 5.17. The molecular formula is C13H15N3O2. The number of amides is 1. The van der Waals surface area contributed by atoms with Gasteiger partial charge in [0.25, 0.3) is 0 Å². The molecule has 2 aromatic rings. The van der Waals surface area contributed by atoms with E-state index in [1.54, 1.807) is 13.3 Å². The highest BCUT2D eigenvalue weighted by Crippen LogP contribution is 2.25. The number of anilines is 1. The maximum Gasteiger partial charge on any atom is 0.219 e. The van der Waals surface area contributed by atoms with Crippen LogP contribution in [-0.2, 0) is 4.79 Å². The van der Waals surface area contributed by atoms with Gasteiger partial charge in [-0.2, -0.15) is 0 Å². The van der Waals surface area contributed by atoms with Gasteiger partial charge in [-0.3, -0.25) is 4.79 Å². The van der Waals surface area contributed by atoms with Crippen LogP contribution in [0.5, 0.6) is 5.75 Å². The number of hydrogen-bond donors (Lipinski definition) is 2. The molecule has 0 aliphatic rings. The molecule has 0 saturated heterocycles. The van der Waals surface area contributed by atoms with Gasteiger partial charge in [0.05, 0.1) is 7.11 Å². The van der Waals surface area contributed by atoms with Crippen LogP contribution in [0.15, 0.2) is 30.5 Å². The van der Waals surface area contributed by atoms with E-state index in [0.717, 1.165) is 22.3 Å². The molecule has 18 heavy (non-hydrogen) atoms. The van der Waals surface area contributed by atoms with Gasteiger partial charge in [-0.1, -0.05) is 0 Å². The molecule has 1 amide bonds. The maximum atomic E-state index is 10.7. The van der Waals surface area contributed by atoms with Crippen molar-refractivity contribution in [3.8, 4) is 5.75 Å². The van der Waals surface area contributed by atoms with Crippen molar-refractivity contribution in [2.45, 2.75) is 6.42 Å². The van der Waals surface area contributed by atoms with Crippen molar-refractivity contribution in [2.24, 2.45) is 5.73 Å². The van der Waals surface area contributed by atoms with Gasteiger partial charge < -0.3 is 15.8 Å². The Morgan fingerprint density at radius 1 is 1.44 bits per heavy atom. The number of carbonyl (C=O) groups excluding carboxylic acids is 1. The number of pyridine rings is 1. The molecule has 0 atom stereocenters. The molecule has 0 spiro atoms. The third kappa shape index (κ3) is 2.68. The van der Waals surface area contributed by atoms with Crippen LogP contribution >= 0.6 is 0 Å². The first-order valence-corrected chi connectivity index (χ1v) is 5.65. The van der Waals surface area contributed by atoms with Crippen molar-refractivity contribution < 1.29 is 9.53 Å². The largest absolute Gasteiger partial charge is 0.497 e. The topological polar surface area (TPSA) is 77.2 Å². The van der Waals surface area contributed by atoms with Crippen molar-refractivity contribution in [1.29, 1.82) is 0 Å². The molecule has 1 heterocycles. The minimum absolute atomic E-state index is 0.286. The van der Waals surface area contributed by atoms with Crippen LogP contribution in [0, 0.1) is 0 Å². The molecule has 2 rings (SSSR count). The Balaban J connectivity index is 2.25. The summed E-state index contributed by atoms with van der Waals surface area (Å²) in [4.78, 5) is 14.9. The lowest BCUT2D eigenvalue weighted by Crippen LogP contribution is -2.16. The van der Waals surface area contributed by atoms with Crippen molar-refractivity contribution in [3.63, 3.8) is 0 Å². The zero-order valence-corrected chi connectivity index (χ0v) is 10.1. The minimum Gasteiger partial charge on any atom is -0.497 e. The molecule has 0 bridgehead atoms. The van der Waals surface area contributed by atoms with Crippen LogP contribution < -0.4 is 15.8 Å². The van der Waals surface area contributed by atoms with Gasteiger partial charge in [-0.05, 0) is 29.7 Å². The third-order valence-electron chi connectivity index (χ3n) is 2.64. The van der Waals surface area contributed by atoms with Crippen molar-refractivity contribution in [1.82, 2.24) is 4.98 Å². The predicted molar refractivity (Wildman–Crippen MR) is 70.6 cm³/mol. The van der Waals surface area contributed by atoms with Crippen molar-refractivity contribution in [2.75, 3.05) is 19.0 Å². The molecule has 0 saturated carbocycles. The molecule has 5 nitrogen and oxygen atoms in total. The minimum atomic E-state index is -0.329. The number of primary amides is 1. The highest BCUT2D eigenvalue weighted by molar-refractivity contribution is 5.92. The summed E-state index contributed by atoms with van der Waals surface area (Å²) in [6.07, 6.45) is 2.00. The summed E-state index contributed by atoms with van der Waals surface area (Å²) in [6.45, 7) is 0.480. The van der Waals surface area contributed by atoms with E-state index in [-0.39, 0.29) is 12.3 Å². The van der Waals surface area contributed by atoms with E-state index in [4.69, 9.17) is 10.5 Å². The first-order chi connectivity index (χ1) is 8.70. The van der Waals surface area contributed by atoms with Crippen LogP contribution in [0.4, 0.5) is 5.82 Å². The molecule has 1 aromatic heterocycles. The molecule has 1 aromatic carbocycles. The molecule has 0 aliphatic heterocycles. The molecule has 5 heteroatoms. The number of methoxy groups -OCH3 is 1. The van der Waals surface area contributed by atoms with E-state index in [2.05, 4.69) is 10.3 Å². The lowest BCUT2D eigenvalue weighted by atomic mass is 10.1. The van der Waals surface area contributed by atoms with E-state index in [9.17, 15) is 4.79 Å². The quantitative estimate of drug-likeness (QED) is 0.837. The molecular weight excluding hydrogens is 230 g/mol. The summed E-state index contributed by atoms with van der Waals surface area (Å²) in [6, 6.07) is 7.67. The van der Waals surface area contributed by atoms with E-state index in [1.165, 1.54) is 0 Å². The number of benzene rings is 1. The monoisotopic (exact) mass is 245 g/mol. The molecule has 94 valence electrons. The molecule has 0 unspecified atom stereocenters. The number of nitrogens with two attached hydrogens (primary N) is 1. The van der Waals surface area contributed by atoms with Gasteiger partial charge in [-0.15, -0.1) is 0 Å². The molecule has 0 fully saturated rings. The second-order valence-electron chi connectivity index (χ2n) is 3.89. The lowest BCUT2D eigenvalue weighted by Gasteiger charge is -2.08. The third-order valence-corrected chi connectivity index (χ3v) is 2.64. The Labute approximate surface area is 105 Å². The summed E-state index contributed by atoms with van der Waals surface area (Å²) >= 11 is 0. The fourth-order valence-corrected chi connectivity index (χ4v) is 1.73. The number of nitrogens with zero attached hydrogens (tertiary/aromatic N) is 1. The average molecular weight is 245 g/mol. The van der Waals surface area contributed by atoms with Crippen LogP contribution in [-0.4, -0.2) is 24.5 Å². The fourth-order valence-electron chi connectivity index (χ4n) is 1.73. The summed E-state index contributed by atoms with van der Waals surface area (Å²) in [5.41, 5.74) is 5.09. The number of carbonyl (C=O) groups is 1. The smallest absolute Gasteiger partial charge is 0.219 e. The Morgan fingerprint density at radius 2 is 2.28 bits per heavy atom. The highest BCUT2D eigenvalue weighted by atomic mass is 16.5. The number of ether oxygens (including phenoxy) is 1. The lowest BCUT2D eigenvalue weighted by molar-refractivity contribution is -0.117. The second kappa shape index (κ2) is 5.35. The number of hydrogen-bond acceptors (Lipinski definition) is 4. The Hall–Kier alpha value is -2.30. The summed E-state index contributed by atoms with van der Waals surface area (Å²) in [5, 5.41) is 5.13. The predicted octanol–water partition coefficient (Wildman–Crippen LogP) is 1.53.